The summed E-state index contributed by atoms with van der Waals surface area (Å²) in [6.45, 7) is 10.7. The molecule has 0 fully saturated rings. The van der Waals surface area contributed by atoms with Gasteiger partial charge in [-0.1, -0.05) is 107 Å². The third-order valence-electron chi connectivity index (χ3n) is 4.76. The number of rotatable bonds is 12. The molecule has 1 unspecified atom stereocenters. The normalized spacial score (nSPS) is 13.0. The Labute approximate surface area is 150 Å². The summed E-state index contributed by atoms with van der Waals surface area (Å²) in [7, 11) is -0.638. The molecule has 1 rings (SSSR count). The lowest BCUT2D eigenvalue weighted by Crippen LogP contribution is -2.29. The van der Waals surface area contributed by atoms with Crippen LogP contribution in [-0.4, -0.2) is 5.16 Å². The van der Waals surface area contributed by atoms with Crippen LogP contribution in [0.4, 0.5) is 0 Å². The van der Waals surface area contributed by atoms with Crippen LogP contribution < -0.4 is 5.30 Å². The summed E-state index contributed by atoms with van der Waals surface area (Å²) in [5, 5.41) is 1.66. The second kappa shape index (κ2) is 11.3. The van der Waals surface area contributed by atoms with Crippen molar-refractivity contribution < 1.29 is 0 Å². The van der Waals surface area contributed by atoms with Crippen LogP contribution >= 0.6 is 18.5 Å². The zero-order valence-corrected chi connectivity index (χ0v) is 16.9. The molecule has 0 heterocycles. The van der Waals surface area contributed by atoms with E-state index in [1.165, 1.54) is 68.7 Å². The predicted octanol–water partition coefficient (Wildman–Crippen LogP) is 7.90. The van der Waals surface area contributed by atoms with E-state index in [0.717, 1.165) is 0 Å². The van der Waals surface area contributed by atoms with Crippen molar-refractivity contribution in [2.24, 2.45) is 0 Å². The van der Waals surface area contributed by atoms with Crippen LogP contribution in [0.3, 0.4) is 0 Å². The number of benzene rings is 1. The zero-order valence-electron chi connectivity index (χ0n) is 15.3. The van der Waals surface area contributed by atoms with E-state index in [-0.39, 0.29) is 0 Å². The largest absolute Gasteiger partial charge is 0.0985 e. The molecule has 0 nitrogen and oxygen atoms in total. The first-order valence-electron chi connectivity index (χ1n) is 9.32. The average molecular weight is 353 g/mol. The third-order valence-corrected chi connectivity index (χ3v) is 8.68. The fraction of sp³-hybridized carbons (Fsp3) is 0.619. The topological polar surface area (TPSA) is 0 Å². The highest BCUT2D eigenvalue weighted by molar-refractivity contribution is 7.91. The molecule has 0 aliphatic rings. The van der Waals surface area contributed by atoms with E-state index >= 15 is 0 Å². The SMILES string of the molecule is C=Cc1ccc(P(Cl)C(CCCC)(CCCC)CCCC)cc1. The molecule has 0 saturated carbocycles. The molecule has 0 saturated heterocycles. The van der Waals surface area contributed by atoms with E-state index in [9.17, 15) is 0 Å². The van der Waals surface area contributed by atoms with Gasteiger partial charge in [0.2, 0.25) is 0 Å². The van der Waals surface area contributed by atoms with Gasteiger partial charge in [0.05, 0.1) is 0 Å². The van der Waals surface area contributed by atoms with Gasteiger partial charge in [-0.2, -0.15) is 0 Å². The quantitative estimate of drug-likeness (QED) is 0.335. The third kappa shape index (κ3) is 6.24. The molecule has 0 bridgehead atoms. The highest BCUT2D eigenvalue weighted by Gasteiger charge is 2.37. The van der Waals surface area contributed by atoms with Crippen molar-refractivity contribution in [2.45, 2.75) is 83.7 Å². The standard InChI is InChI=1S/C21H34ClP/c1-5-9-16-21(17-10-6-2,18-11-7-3)23(22)20-14-12-19(8-4)13-15-20/h8,12-15H,4-7,9-11,16-18H2,1-3H3. The molecule has 130 valence electrons. The van der Waals surface area contributed by atoms with E-state index in [1.807, 2.05) is 6.08 Å². The van der Waals surface area contributed by atoms with Gasteiger partial charge in [-0.15, -0.1) is 0 Å². The first-order chi connectivity index (χ1) is 11.1. The van der Waals surface area contributed by atoms with Gasteiger partial charge in [0.25, 0.3) is 0 Å². The van der Waals surface area contributed by atoms with Crippen LogP contribution in [0, 0.1) is 0 Å². The molecule has 0 spiro atoms. The summed E-state index contributed by atoms with van der Waals surface area (Å²) in [6, 6.07) is 8.77. The Kier molecular flexibility index (Phi) is 10.2. The van der Waals surface area contributed by atoms with E-state index in [2.05, 4.69) is 51.6 Å². The van der Waals surface area contributed by atoms with Gasteiger partial charge in [0, 0.05) is 12.4 Å². The molecule has 2 heteroatoms. The van der Waals surface area contributed by atoms with Gasteiger partial charge < -0.3 is 0 Å². The zero-order chi connectivity index (χ0) is 17.1. The molecule has 0 N–H and O–H groups in total. The lowest BCUT2D eigenvalue weighted by atomic mass is 9.90. The lowest BCUT2D eigenvalue weighted by Gasteiger charge is -2.39. The van der Waals surface area contributed by atoms with Gasteiger partial charge in [0.15, 0.2) is 0 Å². The highest BCUT2D eigenvalue weighted by Crippen LogP contribution is 2.60. The van der Waals surface area contributed by atoms with Crippen molar-refractivity contribution in [1.29, 1.82) is 0 Å². The Morgan fingerprint density at radius 2 is 1.35 bits per heavy atom. The second-order valence-electron chi connectivity index (χ2n) is 6.61. The van der Waals surface area contributed by atoms with Gasteiger partial charge in [0.1, 0.15) is 0 Å². The maximum Gasteiger partial charge on any atom is 0.0276 e. The molecule has 23 heavy (non-hydrogen) atoms. The van der Waals surface area contributed by atoms with E-state index < -0.39 is 7.27 Å². The summed E-state index contributed by atoms with van der Waals surface area (Å²) in [4.78, 5) is 0. The van der Waals surface area contributed by atoms with Gasteiger partial charge in [-0.05, 0) is 30.1 Å². The molecule has 1 atom stereocenters. The first kappa shape index (κ1) is 20.7. The molecule has 0 radical (unpaired) electrons. The van der Waals surface area contributed by atoms with Crippen LogP contribution in [0.2, 0.25) is 0 Å². The Morgan fingerprint density at radius 3 is 1.70 bits per heavy atom. The van der Waals surface area contributed by atoms with Gasteiger partial charge >= 0.3 is 0 Å². The summed E-state index contributed by atoms with van der Waals surface area (Å²) in [5.74, 6) is 0. The molecule has 0 aliphatic carbocycles. The first-order valence-corrected chi connectivity index (χ1v) is 11.6. The van der Waals surface area contributed by atoms with Crippen molar-refractivity contribution in [2.75, 3.05) is 0 Å². The Balaban J connectivity index is 3.06. The molecular weight excluding hydrogens is 319 g/mol. The van der Waals surface area contributed by atoms with Crippen molar-refractivity contribution >= 4 is 29.9 Å². The molecule has 1 aromatic carbocycles. The minimum absolute atomic E-state index is 0.314. The fourth-order valence-electron chi connectivity index (χ4n) is 3.20. The average Bonchev–Trinajstić information content (AvgIpc) is 2.61. The summed E-state index contributed by atoms with van der Waals surface area (Å²) < 4.78 is 0. The van der Waals surface area contributed by atoms with E-state index in [4.69, 9.17) is 11.2 Å². The van der Waals surface area contributed by atoms with Crippen molar-refractivity contribution in [3.63, 3.8) is 0 Å². The molecule has 0 aliphatic heterocycles. The summed E-state index contributed by atoms with van der Waals surface area (Å²) >= 11 is 7.17. The Hall–Kier alpha value is -0.320. The Bertz CT molecular complexity index is 416. The number of hydrogen-bond acceptors (Lipinski definition) is 0. The monoisotopic (exact) mass is 352 g/mol. The summed E-state index contributed by atoms with van der Waals surface area (Å²) in [6.07, 6.45) is 13.4. The van der Waals surface area contributed by atoms with Crippen molar-refractivity contribution in [3.05, 3.63) is 36.4 Å². The second-order valence-corrected chi connectivity index (χ2v) is 9.65. The van der Waals surface area contributed by atoms with Crippen LogP contribution in [0.15, 0.2) is 30.8 Å². The summed E-state index contributed by atoms with van der Waals surface area (Å²) in [5.41, 5.74) is 1.18. The minimum atomic E-state index is -0.638. The number of hydrogen-bond donors (Lipinski definition) is 0. The predicted molar refractivity (Wildman–Crippen MR) is 110 cm³/mol. The molecule has 0 aromatic heterocycles. The van der Waals surface area contributed by atoms with Crippen LogP contribution in [0.1, 0.15) is 84.1 Å². The maximum absolute atomic E-state index is 7.17. The smallest absolute Gasteiger partial charge is 0.0276 e. The minimum Gasteiger partial charge on any atom is -0.0985 e. The van der Waals surface area contributed by atoms with Crippen LogP contribution in [0.25, 0.3) is 6.08 Å². The number of unbranched alkanes of at least 4 members (excludes halogenated alkanes) is 3. The molecule has 0 amide bonds. The van der Waals surface area contributed by atoms with E-state index in [1.54, 1.807) is 0 Å². The van der Waals surface area contributed by atoms with E-state index in [0.29, 0.717) is 5.16 Å². The maximum atomic E-state index is 7.17. The van der Waals surface area contributed by atoms with Crippen molar-refractivity contribution in [3.8, 4) is 0 Å². The van der Waals surface area contributed by atoms with Gasteiger partial charge in [-0.3, -0.25) is 0 Å². The molecule has 1 aromatic rings. The lowest BCUT2D eigenvalue weighted by molar-refractivity contribution is 0.421. The Morgan fingerprint density at radius 1 is 0.913 bits per heavy atom. The van der Waals surface area contributed by atoms with Crippen molar-refractivity contribution in [1.82, 2.24) is 0 Å². The molecular formula is C21H34ClP. The van der Waals surface area contributed by atoms with Crippen LogP contribution in [0.5, 0.6) is 0 Å². The van der Waals surface area contributed by atoms with Crippen LogP contribution in [-0.2, 0) is 0 Å². The number of halogens is 1. The fourth-order valence-corrected chi connectivity index (χ4v) is 6.32. The van der Waals surface area contributed by atoms with Gasteiger partial charge in [-0.25, -0.2) is 0 Å². The highest BCUT2D eigenvalue weighted by atomic mass is 35.7.